The molecule has 0 bridgehead atoms. The number of likely N-dealkylation sites (tertiary alicyclic amines) is 1. The van der Waals surface area contributed by atoms with Gasteiger partial charge in [-0.25, -0.2) is 4.98 Å². The fourth-order valence-electron chi connectivity index (χ4n) is 3.22. The summed E-state index contributed by atoms with van der Waals surface area (Å²) in [6.45, 7) is 2.26. The number of nitrogens with one attached hydrogen (secondary N) is 1. The number of primary amides is 1. The summed E-state index contributed by atoms with van der Waals surface area (Å²) in [7, 11) is 0. The highest BCUT2D eigenvalue weighted by Gasteiger charge is 2.31. The molecule has 174 valence electrons. The molecule has 1 fully saturated rings. The number of carbonyl (C=O) groups excluding carboxylic acids is 2. The molecule has 32 heavy (non-hydrogen) atoms. The molecular weight excluding hydrogens is 433 g/mol. The Morgan fingerprint density at radius 2 is 1.81 bits per heavy atom. The Morgan fingerprint density at radius 1 is 1.16 bits per heavy atom. The second-order valence-electron chi connectivity index (χ2n) is 7.13. The van der Waals surface area contributed by atoms with Crippen molar-refractivity contribution < 1.29 is 36.7 Å². The van der Waals surface area contributed by atoms with E-state index in [4.69, 9.17) is 14.9 Å². The molecule has 1 aliphatic rings. The van der Waals surface area contributed by atoms with Gasteiger partial charge in [-0.3, -0.25) is 9.59 Å². The number of amides is 2. The maximum absolute atomic E-state index is 12.2. The van der Waals surface area contributed by atoms with Crippen LogP contribution in [0.4, 0.5) is 13.2 Å². The van der Waals surface area contributed by atoms with Crippen molar-refractivity contribution in [3.05, 3.63) is 41.6 Å². The highest BCUT2D eigenvalue weighted by molar-refractivity contribution is 5.91. The normalized spacial score (nSPS) is 14.3. The number of oxazole rings is 1. The molecule has 0 saturated carbocycles. The number of nitrogens with two attached hydrogens (primary N) is 1. The fraction of sp³-hybridized carbons (Fsp3) is 0.450. The molecule has 2 aromatic rings. The Bertz CT molecular complexity index is 924. The quantitative estimate of drug-likeness (QED) is 0.561. The molecule has 0 radical (unpaired) electrons. The number of alkyl halides is 3. The molecule has 3 rings (SSSR count). The van der Waals surface area contributed by atoms with Crippen molar-refractivity contribution in [2.75, 3.05) is 26.2 Å². The van der Waals surface area contributed by atoms with Gasteiger partial charge in [-0.05, 0) is 50.2 Å². The number of benzene rings is 1. The maximum Gasteiger partial charge on any atom is 0.573 e. The highest BCUT2D eigenvalue weighted by Crippen LogP contribution is 2.24. The van der Waals surface area contributed by atoms with Gasteiger partial charge in [0, 0.05) is 13.0 Å². The molecule has 1 aliphatic heterocycles. The van der Waals surface area contributed by atoms with Crippen LogP contribution in [-0.2, 0) is 17.8 Å². The fourth-order valence-corrected chi connectivity index (χ4v) is 3.22. The number of rotatable bonds is 10. The zero-order valence-corrected chi connectivity index (χ0v) is 17.1. The molecule has 0 atom stereocenters. The Kier molecular flexibility index (Phi) is 7.57. The molecule has 12 heteroatoms. The lowest BCUT2D eigenvalue weighted by Gasteiger charge is -2.12. The first-order chi connectivity index (χ1) is 15.2. The number of ether oxygens (including phenoxy) is 2. The lowest BCUT2D eigenvalue weighted by atomic mass is 10.2. The Hall–Kier alpha value is -3.28. The summed E-state index contributed by atoms with van der Waals surface area (Å²) in [5.74, 6) is -0.916. The van der Waals surface area contributed by atoms with E-state index in [1.54, 1.807) is 0 Å². The van der Waals surface area contributed by atoms with E-state index in [0.29, 0.717) is 12.2 Å². The third-order valence-electron chi connectivity index (χ3n) is 4.69. The third-order valence-corrected chi connectivity index (χ3v) is 4.69. The minimum atomic E-state index is -4.79. The van der Waals surface area contributed by atoms with Gasteiger partial charge in [-0.1, -0.05) is 0 Å². The van der Waals surface area contributed by atoms with Crippen LogP contribution in [0.1, 0.15) is 35.0 Å². The predicted molar refractivity (Wildman–Crippen MR) is 105 cm³/mol. The average Bonchev–Trinajstić information content (AvgIpc) is 3.39. The van der Waals surface area contributed by atoms with Crippen LogP contribution in [-0.4, -0.2) is 54.3 Å². The molecule has 0 spiro atoms. The smallest absolute Gasteiger partial charge is 0.484 e. The van der Waals surface area contributed by atoms with Crippen LogP contribution in [0.2, 0.25) is 0 Å². The predicted octanol–water partition coefficient (Wildman–Crippen LogP) is 2.01. The molecule has 0 unspecified atom stereocenters. The molecular formula is C20H23F3N4O5. The van der Waals surface area contributed by atoms with Crippen molar-refractivity contribution in [1.82, 2.24) is 15.2 Å². The Labute approximate surface area is 181 Å². The summed E-state index contributed by atoms with van der Waals surface area (Å²) < 4.78 is 51.1. The van der Waals surface area contributed by atoms with Gasteiger partial charge in [0.25, 0.3) is 11.8 Å². The Balaban J connectivity index is 1.46. The zero-order chi connectivity index (χ0) is 23.1. The number of halogens is 3. The van der Waals surface area contributed by atoms with Crippen LogP contribution < -0.4 is 20.5 Å². The molecule has 2 amide bonds. The van der Waals surface area contributed by atoms with Crippen molar-refractivity contribution in [3.63, 3.8) is 0 Å². The Morgan fingerprint density at radius 3 is 2.44 bits per heavy atom. The summed E-state index contributed by atoms with van der Waals surface area (Å²) in [5, 5.41) is 2.53. The third kappa shape index (κ3) is 7.15. The minimum absolute atomic E-state index is 0.0471. The first kappa shape index (κ1) is 23.4. The van der Waals surface area contributed by atoms with E-state index in [0.717, 1.165) is 44.6 Å². The van der Waals surface area contributed by atoms with Gasteiger partial charge in [0.15, 0.2) is 12.3 Å². The van der Waals surface area contributed by atoms with Crippen molar-refractivity contribution in [2.45, 2.75) is 32.2 Å². The van der Waals surface area contributed by atoms with E-state index in [2.05, 4.69) is 19.9 Å². The molecule has 3 N–H and O–H groups in total. The van der Waals surface area contributed by atoms with Gasteiger partial charge in [-0.15, -0.1) is 13.2 Å². The average molecular weight is 456 g/mol. The SMILES string of the molecule is NC(=O)c1nc(CNC(=O)COc2ccc(OC(F)(F)F)cc2)oc1CCN1CCCC1. The van der Waals surface area contributed by atoms with E-state index in [9.17, 15) is 22.8 Å². The van der Waals surface area contributed by atoms with Crippen LogP contribution in [0, 0.1) is 0 Å². The molecule has 1 saturated heterocycles. The standard InChI is InChI=1S/C20H23F3N4O5/c21-20(22,23)32-14-5-3-13(4-6-14)30-12-16(28)25-11-17-26-18(19(24)29)15(31-17)7-10-27-8-1-2-9-27/h3-6H,1-2,7-12H2,(H2,24,29)(H,25,28). The van der Waals surface area contributed by atoms with Crippen LogP contribution in [0.15, 0.2) is 28.7 Å². The minimum Gasteiger partial charge on any atom is -0.484 e. The number of aromatic nitrogens is 1. The molecule has 9 nitrogen and oxygen atoms in total. The van der Waals surface area contributed by atoms with E-state index < -0.39 is 23.9 Å². The first-order valence-corrected chi connectivity index (χ1v) is 9.95. The number of hydrogen-bond donors (Lipinski definition) is 2. The summed E-state index contributed by atoms with van der Waals surface area (Å²) in [6, 6.07) is 4.63. The largest absolute Gasteiger partial charge is 0.573 e. The second kappa shape index (κ2) is 10.4. The lowest BCUT2D eigenvalue weighted by Crippen LogP contribution is -2.28. The van der Waals surface area contributed by atoms with Crippen LogP contribution in [0.3, 0.4) is 0 Å². The van der Waals surface area contributed by atoms with Gasteiger partial charge < -0.3 is 29.8 Å². The van der Waals surface area contributed by atoms with E-state index in [1.165, 1.54) is 12.1 Å². The monoisotopic (exact) mass is 456 g/mol. The van der Waals surface area contributed by atoms with Crippen molar-refractivity contribution in [2.24, 2.45) is 5.73 Å². The van der Waals surface area contributed by atoms with E-state index >= 15 is 0 Å². The summed E-state index contributed by atoms with van der Waals surface area (Å²) >= 11 is 0. The van der Waals surface area contributed by atoms with Crippen LogP contribution in [0.25, 0.3) is 0 Å². The summed E-state index contributed by atoms with van der Waals surface area (Å²) in [6.07, 6.45) is -2.02. The van der Waals surface area contributed by atoms with E-state index in [-0.39, 0.29) is 30.5 Å². The van der Waals surface area contributed by atoms with Crippen molar-refractivity contribution in [3.8, 4) is 11.5 Å². The molecule has 0 aliphatic carbocycles. The van der Waals surface area contributed by atoms with Gasteiger partial charge in [0.1, 0.15) is 17.3 Å². The summed E-state index contributed by atoms with van der Waals surface area (Å²) in [5.41, 5.74) is 5.42. The van der Waals surface area contributed by atoms with Gasteiger partial charge in [-0.2, -0.15) is 0 Å². The van der Waals surface area contributed by atoms with Crippen LogP contribution in [0.5, 0.6) is 11.5 Å². The molecule has 1 aromatic heterocycles. The first-order valence-electron chi connectivity index (χ1n) is 9.95. The van der Waals surface area contributed by atoms with Crippen LogP contribution >= 0.6 is 0 Å². The van der Waals surface area contributed by atoms with Crippen molar-refractivity contribution >= 4 is 11.8 Å². The number of hydrogen-bond acceptors (Lipinski definition) is 7. The lowest BCUT2D eigenvalue weighted by molar-refractivity contribution is -0.274. The van der Waals surface area contributed by atoms with Gasteiger partial charge in [0.2, 0.25) is 5.89 Å². The van der Waals surface area contributed by atoms with Crippen molar-refractivity contribution in [1.29, 1.82) is 0 Å². The molecule has 2 heterocycles. The zero-order valence-electron chi connectivity index (χ0n) is 17.1. The topological polar surface area (TPSA) is 120 Å². The highest BCUT2D eigenvalue weighted by atomic mass is 19.4. The van der Waals surface area contributed by atoms with E-state index in [1.807, 2.05) is 0 Å². The maximum atomic E-state index is 12.2. The molecule has 1 aromatic carbocycles. The number of carbonyl (C=O) groups is 2. The second-order valence-corrected chi connectivity index (χ2v) is 7.13. The van der Waals surface area contributed by atoms with Gasteiger partial charge >= 0.3 is 6.36 Å². The van der Waals surface area contributed by atoms with Gasteiger partial charge in [0.05, 0.1) is 6.54 Å². The summed E-state index contributed by atoms with van der Waals surface area (Å²) in [4.78, 5) is 29.9. The number of nitrogens with zero attached hydrogens (tertiary/aromatic N) is 2.